The fourth-order valence-corrected chi connectivity index (χ4v) is 2.00. The smallest absolute Gasteiger partial charge is 0.347 e. The maximum atomic E-state index is 13.5. The highest BCUT2D eigenvalue weighted by molar-refractivity contribution is 5.95. The number of anilines is 1. The molecule has 0 aliphatic carbocycles. The molecule has 0 heterocycles. The van der Waals surface area contributed by atoms with E-state index < -0.39 is 35.7 Å². The maximum absolute atomic E-state index is 13.5. The van der Waals surface area contributed by atoms with Gasteiger partial charge in [0.2, 0.25) is 0 Å². The Morgan fingerprint density at radius 1 is 1.00 bits per heavy atom. The minimum Gasteiger partial charge on any atom is -0.479 e. The first kappa shape index (κ1) is 19.4. The van der Waals surface area contributed by atoms with Crippen molar-refractivity contribution in [1.29, 1.82) is 0 Å². The van der Waals surface area contributed by atoms with E-state index in [1.54, 1.807) is 13.0 Å². The third-order valence-electron chi connectivity index (χ3n) is 3.56. The number of benzene rings is 2. The van der Waals surface area contributed by atoms with Crippen molar-refractivity contribution in [2.24, 2.45) is 0 Å². The molecular weight excluding hydrogens is 344 g/mol. The predicted octanol–water partition coefficient (Wildman–Crippen LogP) is 3.61. The Labute approximate surface area is 149 Å². The first-order chi connectivity index (χ1) is 12.3. The molecule has 0 radical (unpaired) electrons. The van der Waals surface area contributed by atoms with Crippen LogP contribution in [0.5, 0.6) is 5.75 Å². The molecule has 0 fully saturated rings. The van der Waals surface area contributed by atoms with Gasteiger partial charge in [-0.1, -0.05) is 6.07 Å². The average molecular weight is 363 g/mol. The number of aryl methyl sites for hydroxylation is 1. The summed E-state index contributed by atoms with van der Waals surface area (Å²) >= 11 is 0. The van der Waals surface area contributed by atoms with Crippen LogP contribution in [-0.4, -0.2) is 24.1 Å². The summed E-state index contributed by atoms with van der Waals surface area (Å²) in [4.78, 5) is 24.1. The van der Waals surface area contributed by atoms with Crippen LogP contribution in [0.2, 0.25) is 0 Å². The van der Waals surface area contributed by atoms with Gasteiger partial charge in [0, 0.05) is 5.69 Å². The molecule has 2 aromatic carbocycles. The van der Waals surface area contributed by atoms with Gasteiger partial charge in [0.15, 0.2) is 12.2 Å². The largest absolute Gasteiger partial charge is 0.479 e. The zero-order valence-corrected chi connectivity index (χ0v) is 14.6. The second-order valence-corrected chi connectivity index (χ2v) is 5.75. The summed E-state index contributed by atoms with van der Waals surface area (Å²) in [6.07, 6.45) is -2.10. The summed E-state index contributed by atoms with van der Waals surface area (Å²) < 4.78 is 36.7. The van der Waals surface area contributed by atoms with Gasteiger partial charge in [0.05, 0.1) is 0 Å². The minimum absolute atomic E-state index is 0.261. The number of rotatable bonds is 6. The summed E-state index contributed by atoms with van der Waals surface area (Å²) in [5.41, 5.74) is 0.714. The second kappa shape index (κ2) is 8.42. The highest BCUT2D eigenvalue weighted by atomic mass is 19.1. The summed E-state index contributed by atoms with van der Waals surface area (Å²) in [6.45, 7) is 4.45. The number of carbonyl (C=O) groups is 2. The summed E-state index contributed by atoms with van der Waals surface area (Å²) in [7, 11) is 0. The summed E-state index contributed by atoms with van der Waals surface area (Å²) in [5.74, 6) is -1.94. The Hall–Kier alpha value is -2.96. The maximum Gasteiger partial charge on any atom is 0.347 e. The van der Waals surface area contributed by atoms with Gasteiger partial charge in [0.25, 0.3) is 5.91 Å². The van der Waals surface area contributed by atoms with Gasteiger partial charge in [-0.2, -0.15) is 0 Å². The molecule has 0 unspecified atom stereocenters. The average Bonchev–Trinajstić information content (AvgIpc) is 2.60. The van der Waals surface area contributed by atoms with E-state index in [4.69, 9.17) is 9.47 Å². The van der Waals surface area contributed by atoms with E-state index >= 15 is 0 Å². The number of nitrogens with one attached hydrogen (secondary N) is 1. The van der Waals surface area contributed by atoms with E-state index in [0.29, 0.717) is 11.3 Å². The molecule has 7 heteroatoms. The van der Waals surface area contributed by atoms with Crippen molar-refractivity contribution in [3.8, 4) is 5.75 Å². The van der Waals surface area contributed by atoms with Crippen LogP contribution in [0.15, 0.2) is 42.5 Å². The quantitative estimate of drug-likeness (QED) is 0.797. The molecule has 0 bridgehead atoms. The van der Waals surface area contributed by atoms with Crippen LogP contribution < -0.4 is 10.1 Å². The van der Waals surface area contributed by atoms with E-state index in [1.165, 1.54) is 50.2 Å². The van der Waals surface area contributed by atoms with Gasteiger partial charge in [-0.25, -0.2) is 13.6 Å². The van der Waals surface area contributed by atoms with Crippen molar-refractivity contribution in [1.82, 2.24) is 0 Å². The summed E-state index contributed by atoms with van der Waals surface area (Å²) in [6, 6.07) is 9.41. The van der Waals surface area contributed by atoms with Crippen molar-refractivity contribution in [2.45, 2.75) is 33.0 Å². The SMILES string of the molecule is Cc1ccc(NC(=O)[C@@H](C)OC(=O)[C@H](C)Oc2ccc(F)cc2)cc1F. The molecule has 0 saturated heterocycles. The highest BCUT2D eigenvalue weighted by Gasteiger charge is 2.23. The molecule has 0 aliphatic heterocycles. The topological polar surface area (TPSA) is 64.6 Å². The number of hydrogen-bond donors (Lipinski definition) is 1. The third kappa shape index (κ3) is 5.27. The molecule has 1 amide bonds. The summed E-state index contributed by atoms with van der Waals surface area (Å²) in [5, 5.41) is 2.47. The lowest BCUT2D eigenvalue weighted by Crippen LogP contribution is -2.35. The fraction of sp³-hybridized carbons (Fsp3) is 0.263. The van der Waals surface area contributed by atoms with Crippen LogP contribution >= 0.6 is 0 Å². The molecule has 0 saturated carbocycles. The molecule has 0 spiro atoms. The van der Waals surface area contributed by atoms with E-state index in [-0.39, 0.29) is 5.69 Å². The number of carbonyl (C=O) groups excluding carboxylic acids is 2. The lowest BCUT2D eigenvalue weighted by Gasteiger charge is -2.18. The highest BCUT2D eigenvalue weighted by Crippen LogP contribution is 2.15. The van der Waals surface area contributed by atoms with E-state index in [0.717, 1.165) is 0 Å². The van der Waals surface area contributed by atoms with Crippen molar-refractivity contribution in [2.75, 3.05) is 5.32 Å². The number of halogens is 2. The Morgan fingerprint density at radius 3 is 2.27 bits per heavy atom. The van der Waals surface area contributed by atoms with E-state index in [9.17, 15) is 18.4 Å². The zero-order valence-electron chi connectivity index (χ0n) is 14.6. The Balaban J connectivity index is 1.89. The predicted molar refractivity (Wildman–Crippen MR) is 91.8 cm³/mol. The van der Waals surface area contributed by atoms with Crippen LogP contribution in [0.25, 0.3) is 0 Å². The van der Waals surface area contributed by atoms with E-state index in [1.807, 2.05) is 0 Å². The van der Waals surface area contributed by atoms with Crippen LogP contribution in [0, 0.1) is 18.6 Å². The Bertz CT molecular complexity index is 793. The van der Waals surface area contributed by atoms with Gasteiger partial charge in [0.1, 0.15) is 17.4 Å². The molecule has 138 valence electrons. The van der Waals surface area contributed by atoms with Gasteiger partial charge in [-0.05, 0) is 62.7 Å². The monoisotopic (exact) mass is 363 g/mol. The molecule has 2 rings (SSSR count). The molecular formula is C19H19F2NO4. The number of amides is 1. The first-order valence-corrected chi connectivity index (χ1v) is 7.96. The first-order valence-electron chi connectivity index (χ1n) is 7.96. The molecule has 1 N–H and O–H groups in total. The van der Waals surface area contributed by atoms with Gasteiger partial charge in [-0.15, -0.1) is 0 Å². The normalized spacial score (nSPS) is 12.8. The van der Waals surface area contributed by atoms with Crippen molar-refractivity contribution in [3.05, 3.63) is 59.7 Å². The molecule has 26 heavy (non-hydrogen) atoms. The van der Waals surface area contributed by atoms with Crippen molar-refractivity contribution < 1.29 is 27.8 Å². The van der Waals surface area contributed by atoms with Crippen LogP contribution in [0.1, 0.15) is 19.4 Å². The number of hydrogen-bond acceptors (Lipinski definition) is 4. The van der Waals surface area contributed by atoms with Crippen LogP contribution in [-0.2, 0) is 14.3 Å². The van der Waals surface area contributed by atoms with Crippen molar-refractivity contribution in [3.63, 3.8) is 0 Å². The molecule has 0 aliphatic rings. The molecule has 2 atom stereocenters. The third-order valence-corrected chi connectivity index (χ3v) is 3.56. The van der Waals surface area contributed by atoms with Gasteiger partial charge in [-0.3, -0.25) is 4.79 Å². The van der Waals surface area contributed by atoms with Crippen molar-refractivity contribution >= 4 is 17.6 Å². The van der Waals surface area contributed by atoms with E-state index in [2.05, 4.69) is 5.32 Å². The standard InChI is InChI=1S/C19H19F2NO4/c1-11-4-7-15(10-17(11)21)22-18(23)12(2)26-19(24)13(3)25-16-8-5-14(20)6-9-16/h4-10,12-13H,1-3H3,(H,22,23)/t12-,13+/m1/s1. The Kier molecular flexibility index (Phi) is 6.27. The van der Waals surface area contributed by atoms with Gasteiger partial charge < -0.3 is 14.8 Å². The molecule has 0 aromatic heterocycles. The lowest BCUT2D eigenvalue weighted by molar-refractivity contribution is -0.159. The molecule has 2 aromatic rings. The fourth-order valence-electron chi connectivity index (χ4n) is 2.00. The number of esters is 1. The minimum atomic E-state index is -1.11. The molecule has 5 nitrogen and oxygen atoms in total. The lowest BCUT2D eigenvalue weighted by atomic mass is 10.2. The Morgan fingerprint density at radius 2 is 1.65 bits per heavy atom. The number of ether oxygens (including phenoxy) is 2. The second-order valence-electron chi connectivity index (χ2n) is 5.75. The van der Waals surface area contributed by atoms with Crippen LogP contribution in [0.4, 0.5) is 14.5 Å². The van der Waals surface area contributed by atoms with Gasteiger partial charge >= 0.3 is 5.97 Å². The zero-order chi connectivity index (χ0) is 19.3. The van der Waals surface area contributed by atoms with Crippen LogP contribution in [0.3, 0.4) is 0 Å².